The standard InChI is InChI=1S/C19H22N6O2/c1-3-17(26)22-13-6-7-25(11-13)16-5-4-15(18(20)27)19(24-16)23-14-8-12(2)9-21-10-14/h3-5,8-10,13H,1,6-7,11H2,2H3,(H2,20,27)(H,22,26)(H,23,24)/t13-/m0/s1. The van der Waals surface area contributed by atoms with Crippen molar-refractivity contribution in [1.29, 1.82) is 0 Å². The van der Waals surface area contributed by atoms with Gasteiger partial charge in [-0.1, -0.05) is 6.58 Å². The van der Waals surface area contributed by atoms with Gasteiger partial charge in [-0.15, -0.1) is 0 Å². The number of nitrogens with one attached hydrogen (secondary N) is 2. The zero-order chi connectivity index (χ0) is 19.4. The average Bonchev–Trinajstić information content (AvgIpc) is 3.09. The Morgan fingerprint density at radius 3 is 2.89 bits per heavy atom. The summed E-state index contributed by atoms with van der Waals surface area (Å²) in [6, 6.07) is 5.36. The molecule has 0 saturated carbocycles. The van der Waals surface area contributed by atoms with Crippen LogP contribution >= 0.6 is 0 Å². The molecule has 8 heteroatoms. The van der Waals surface area contributed by atoms with Crippen LogP contribution < -0.4 is 21.3 Å². The Morgan fingerprint density at radius 1 is 1.37 bits per heavy atom. The van der Waals surface area contributed by atoms with E-state index in [1.54, 1.807) is 24.5 Å². The van der Waals surface area contributed by atoms with E-state index >= 15 is 0 Å². The molecule has 4 N–H and O–H groups in total. The Kier molecular flexibility index (Phi) is 5.35. The van der Waals surface area contributed by atoms with Gasteiger partial charge in [0.2, 0.25) is 5.91 Å². The fraction of sp³-hybridized carbons (Fsp3) is 0.263. The number of nitrogens with zero attached hydrogens (tertiary/aromatic N) is 3. The molecule has 0 aromatic carbocycles. The first-order valence-corrected chi connectivity index (χ1v) is 8.63. The van der Waals surface area contributed by atoms with Crippen molar-refractivity contribution in [1.82, 2.24) is 15.3 Å². The second-order valence-corrected chi connectivity index (χ2v) is 6.45. The van der Waals surface area contributed by atoms with Crippen LogP contribution in [0.4, 0.5) is 17.3 Å². The number of anilines is 3. The number of hydrogen-bond donors (Lipinski definition) is 3. The zero-order valence-electron chi connectivity index (χ0n) is 15.1. The van der Waals surface area contributed by atoms with Crippen molar-refractivity contribution < 1.29 is 9.59 Å². The van der Waals surface area contributed by atoms with Gasteiger partial charge in [-0.05, 0) is 43.2 Å². The third-order valence-electron chi connectivity index (χ3n) is 4.33. The van der Waals surface area contributed by atoms with Crippen molar-refractivity contribution in [2.24, 2.45) is 5.73 Å². The van der Waals surface area contributed by atoms with E-state index in [0.29, 0.717) is 23.7 Å². The first kappa shape index (κ1) is 18.4. The lowest BCUT2D eigenvalue weighted by Gasteiger charge is -2.20. The fourth-order valence-corrected chi connectivity index (χ4v) is 3.03. The molecule has 8 nitrogen and oxygen atoms in total. The van der Waals surface area contributed by atoms with E-state index < -0.39 is 5.91 Å². The van der Waals surface area contributed by atoms with Crippen molar-refractivity contribution in [2.75, 3.05) is 23.3 Å². The van der Waals surface area contributed by atoms with E-state index in [1.165, 1.54) is 6.08 Å². The molecule has 2 amide bonds. The van der Waals surface area contributed by atoms with Crippen LogP contribution in [0.3, 0.4) is 0 Å². The summed E-state index contributed by atoms with van der Waals surface area (Å²) in [5.41, 5.74) is 7.50. The van der Waals surface area contributed by atoms with Gasteiger partial charge in [-0.25, -0.2) is 4.98 Å². The molecule has 1 aliphatic heterocycles. The SMILES string of the molecule is C=CC(=O)N[C@H]1CCN(c2ccc(C(N)=O)c(Nc3cncc(C)c3)n2)C1. The van der Waals surface area contributed by atoms with E-state index in [0.717, 1.165) is 24.2 Å². The number of rotatable bonds is 6. The molecule has 0 unspecified atom stereocenters. The summed E-state index contributed by atoms with van der Waals surface area (Å²) in [7, 11) is 0. The second-order valence-electron chi connectivity index (χ2n) is 6.45. The molecule has 0 aliphatic carbocycles. The van der Waals surface area contributed by atoms with Crippen LogP contribution in [0.25, 0.3) is 0 Å². The van der Waals surface area contributed by atoms with Crippen LogP contribution in [0.5, 0.6) is 0 Å². The molecule has 3 rings (SSSR count). The van der Waals surface area contributed by atoms with Gasteiger partial charge in [0.1, 0.15) is 11.6 Å². The lowest BCUT2D eigenvalue weighted by atomic mass is 10.2. The van der Waals surface area contributed by atoms with Crippen molar-refractivity contribution in [2.45, 2.75) is 19.4 Å². The highest BCUT2D eigenvalue weighted by molar-refractivity contribution is 5.98. The molecule has 1 saturated heterocycles. The summed E-state index contributed by atoms with van der Waals surface area (Å²) in [6.45, 7) is 6.78. The van der Waals surface area contributed by atoms with E-state index in [9.17, 15) is 9.59 Å². The number of pyridine rings is 2. The van der Waals surface area contributed by atoms with Crippen LogP contribution in [0.2, 0.25) is 0 Å². The summed E-state index contributed by atoms with van der Waals surface area (Å²) < 4.78 is 0. The average molecular weight is 366 g/mol. The topological polar surface area (TPSA) is 113 Å². The fourth-order valence-electron chi connectivity index (χ4n) is 3.03. The molecule has 1 aliphatic rings. The highest BCUT2D eigenvalue weighted by atomic mass is 16.1. The first-order valence-electron chi connectivity index (χ1n) is 8.63. The Balaban J connectivity index is 1.82. The van der Waals surface area contributed by atoms with Gasteiger partial charge >= 0.3 is 0 Å². The quantitative estimate of drug-likeness (QED) is 0.668. The summed E-state index contributed by atoms with van der Waals surface area (Å²) in [4.78, 5) is 34.0. The number of carbonyl (C=O) groups is 2. The van der Waals surface area contributed by atoms with Crippen LogP contribution in [-0.4, -0.2) is 40.9 Å². The minimum Gasteiger partial charge on any atom is -0.365 e. The second kappa shape index (κ2) is 7.86. The number of nitrogens with two attached hydrogens (primary N) is 1. The van der Waals surface area contributed by atoms with Gasteiger partial charge in [0, 0.05) is 25.3 Å². The third-order valence-corrected chi connectivity index (χ3v) is 4.33. The third kappa shape index (κ3) is 4.41. The number of aryl methyl sites for hydroxylation is 1. The molecular weight excluding hydrogens is 344 g/mol. The Labute approximate surface area is 157 Å². The summed E-state index contributed by atoms with van der Waals surface area (Å²) in [6.07, 6.45) is 5.47. The number of hydrogen-bond acceptors (Lipinski definition) is 6. The monoisotopic (exact) mass is 366 g/mol. The highest BCUT2D eigenvalue weighted by Gasteiger charge is 2.25. The van der Waals surface area contributed by atoms with Gasteiger partial charge in [-0.3, -0.25) is 14.6 Å². The maximum absolute atomic E-state index is 11.8. The Hall–Kier alpha value is -3.42. The van der Waals surface area contributed by atoms with Crippen molar-refractivity contribution in [3.8, 4) is 0 Å². The van der Waals surface area contributed by atoms with Crippen LogP contribution in [0.1, 0.15) is 22.3 Å². The van der Waals surface area contributed by atoms with Crippen LogP contribution in [0.15, 0.2) is 43.2 Å². The predicted octanol–water partition coefficient (Wildman–Crippen LogP) is 1.51. The molecule has 0 spiro atoms. The lowest BCUT2D eigenvalue weighted by Crippen LogP contribution is -2.36. The van der Waals surface area contributed by atoms with Crippen LogP contribution in [-0.2, 0) is 4.79 Å². The van der Waals surface area contributed by atoms with Gasteiger partial charge in [0.25, 0.3) is 5.91 Å². The van der Waals surface area contributed by atoms with Crippen LogP contribution in [0, 0.1) is 6.92 Å². The summed E-state index contributed by atoms with van der Waals surface area (Å²) in [5.74, 6) is 0.340. The molecular formula is C19H22N6O2. The van der Waals surface area contributed by atoms with Gasteiger partial charge in [0.15, 0.2) is 0 Å². The Bertz CT molecular complexity index is 882. The van der Waals surface area contributed by atoms with Crippen molar-refractivity contribution in [3.05, 3.63) is 54.4 Å². The minimum absolute atomic E-state index is 0.0329. The van der Waals surface area contributed by atoms with E-state index in [2.05, 4.69) is 32.1 Å². The number of amides is 2. The maximum atomic E-state index is 11.8. The van der Waals surface area contributed by atoms with E-state index in [4.69, 9.17) is 5.73 Å². The molecule has 140 valence electrons. The molecule has 2 aromatic rings. The molecule has 3 heterocycles. The van der Waals surface area contributed by atoms with Crippen molar-refractivity contribution >= 4 is 29.1 Å². The van der Waals surface area contributed by atoms with Gasteiger partial charge in [-0.2, -0.15) is 0 Å². The normalized spacial score (nSPS) is 16.0. The van der Waals surface area contributed by atoms with Gasteiger partial charge in [0.05, 0.1) is 17.4 Å². The zero-order valence-corrected chi connectivity index (χ0v) is 15.1. The number of aromatic nitrogens is 2. The summed E-state index contributed by atoms with van der Waals surface area (Å²) >= 11 is 0. The molecule has 27 heavy (non-hydrogen) atoms. The molecule has 0 radical (unpaired) electrons. The molecule has 0 bridgehead atoms. The smallest absolute Gasteiger partial charge is 0.252 e. The molecule has 2 aromatic heterocycles. The molecule has 1 atom stereocenters. The van der Waals surface area contributed by atoms with Crippen molar-refractivity contribution in [3.63, 3.8) is 0 Å². The first-order chi connectivity index (χ1) is 13.0. The van der Waals surface area contributed by atoms with E-state index in [1.807, 2.05) is 13.0 Å². The summed E-state index contributed by atoms with van der Waals surface area (Å²) in [5, 5.41) is 6.02. The Morgan fingerprint density at radius 2 is 2.19 bits per heavy atom. The maximum Gasteiger partial charge on any atom is 0.252 e. The minimum atomic E-state index is -0.560. The molecule has 1 fully saturated rings. The number of carbonyl (C=O) groups excluding carboxylic acids is 2. The van der Waals surface area contributed by atoms with E-state index in [-0.39, 0.29) is 11.9 Å². The highest BCUT2D eigenvalue weighted by Crippen LogP contribution is 2.25. The largest absolute Gasteiger partial charge is 0.365 e. The lowest BCUT2D eigenvalue weighted by molar-refractivity contribution is -0.117. The van der Waals surface area contributed by atoms with Gasteiger partial charge < -0.3 is 21.3 Å². The predicted molar refractivity (Wildman–Crippen MR) is 104 cm³/mol. The number of primary amides is 1.